The molecular formula is C8H5ClN6Pb2. The monoisotopic (exact) mass is 636 g/mol. The Bertz CT molecular complexity index is 577. The minimum atomic E-state index is 0.508. The second-order valence-electron chi connectivity index (χ2n) is 3.11. The van der Waals surface area contributed by atoms with Gasteiger partial charge in [-0.15, -0.1) is 0 Å². The molecule has 0 aliphatic rings. The van der Waals surface area contributed by atoms with Gasteiger partial charge in [-0.2, -0.15) is 0 Å². The predicted molar refractivity (Wildman–Crippen MR) is 65.6 cm³/mol. The number of aromatic nitrogens is 5. The first-order chi connectivity index (χ1) is 8.08. The third-order valence-electron chi connectivity index (χ3n) is 1.90. The van der Waals surface area contributed by atoms with Crippen LogP contribution in [0.4, 0.5) is 5.69 Å². The molecule has 0 aliphatic carbocycles. The standard InChI is InChI=1S/C8H5ClN6.2Pb/c1-10-5-3-6(9)7(11-4-5)8-12-13-14-15(8)2;;/h3-4H,2H3;;. The number of hydrogen-bond donors (Lipinski definition) is 0. The van der Waals surface area contributed by atoms with Gasteiger partial charge in [-0.05, 0) is 0 Å². The fourth-order valence-electron chi connectivity index (χ4n) is 1.21. The number of halogens is 1. The third kappa shape index (κ3) is 3.27. The van der Waals surface area contributed by atoms with E-state index < -0.39 is 0 Å². The number of aryl methyl sites for hydroxylation is 1. The van der Waals surface area contributed by atoms with Crippen molar-refractivity contribution in [1.29, 1.82) is 0 Å². The number of nitrogens with zero attached hydrogens (tertiary/aromatic N) is 6. The Hall–Kier alpha value is 0.0242. The van der Waals surface area contributed by atoms with E-state index in [-0.39, 0.29) is 0 Å². The summed E-state index contributed by atoms with van der Waals surface area (Å²) in [4.78, 5) is 8.66. The first-order valence-corrected chi connectivity index (χ1v) is 8.74. The number of rotatable bonds is 2. The summed E-state index contributed by atoms with van der Waals surface area (Å²) in [5.41, 5.74) is 1.36. The Kier molecular flexibility index (Phi) is 4.57. The molecule has 0 fully saturated rings. The molecule has 2 aromatic heterocycles. The maximum atomic E-state index is 6.16. The van der Waals surface area contributed by atoms with Crippen LogP contribution in [0.15, 0.2) is 17.3 Å². The quantitative estimate of drug-likeness (QED) is 0.351. The third-order valence-corrected chi connectivity index (χ3v) is 3.06. The van der Waals surface area contributed by atoms with Crippen LogP contribution in [-0.2, 0) is 7.05 Å². The van der Waals surface area contributed by atoms with E-state index in [0.29, 0.717) is 16.5 Å². The van der Waals surface area contributed by atoms with E-state index >= 15 is 0 Å². The summed E-state index contributed by atoms with van der Waals surface area (Å²) in [7, 11) is 1.74. The Balaban J connectivity index is 2.46. The van der Waals surface area contributed by atoms with Crippen LogP contribution in [0.25, 0.3) is 11.5 Å². The molecule has 6 radical (unpaired) electrons. The molecule has 0 spiro atoms. The van der Waals surface area contributed by atoms with Crippen molar-refractivity contribution in [2.75, 3.05) is 0 Å². The maximum absolute atomic E-state index is 6.16. The van der Waals surface area contributed by atoms with Crippen LogP contribution in [0.3, 0.4) is 0 Å². The number of pyridine rings is 1. The molecule has 82 valence electrons. The molecule has 0 unspecified atom stereocenters. The number of tetrazole rings is 1. The van der Waals surface area contributed by atoms with Crippen LogP contribution < -0.4 is 0 Å². The van der Waals surface area contributed by atoms with E-state index in [0.717, 1.165) is 57.2 Å². The fraction of sp³-hybridized carbons (Fsp3) is 0.125. The molecule has 2 heterocycles. The normalized spacial score (nSPS) is 10.4. The van der Waals surface area contributed by atoms with Gasteiger partial charge in [0.15, 0.2) is 0 Å². The molecule has 0 aromatic carbocycles. The van der Waals surface area contributed by atoms with E-state index in [1.54, 1.807) is 19.3 Å². The van der Waals surface area contributed by atoms with Crippen LogP contribution >= 0.6 is 11.6 Å². The van der Waals surface area contributed by atoms with Gasteiger partial charge in [0, 0.05) is 0 Å². The predicted octanol–water partition coefficient (Wildman–Crippen LogP) is 0.250. The first kappa shape index (κ1) is 13.5. The van der Waals surface area contributed by atoms with Crippen molar-refractivity contribution in [3.05, 3.63) is 17.3 Å². The van der Waals surface area contributed by atoms with E-state index in [9.17, 15) is 0 Å². The molecule has 0 bridgehead atoms. The SMILES string of the molecule is Cn1nnnc1-c1ncc(N=[C]([Pb])[Pb])cc1Cl. The average Bonchev–Trinajstić information content (AvgIpc) is 2.64. The Labute approximate surface area is 134 Å². The summed E-state index contributed by atoms with van der Waals surface area (Å²) in [6.45, 7) is 0. The zero-order valence-corrected chi connectivity index (χ0v) is 17.2. The molecule has 6 nitrogen and oxygen atoms in total. The molecule has 17 heavy (non-hydrogen) atoms. The molecule has 0 atom stereocenters. The summed E-state index contributed by atoms with van der Waals surface area (Å²) in [5.74, 6) is 0.544. The van der Waals surface area contributed by atoms with Gasteiger partial charge in [0.25, 0.3) is 0 Å². The van der Waals surface area contributed by atoms with Crippen molar-refractivity contribution < 1.29 is 0 Å². The zero-order chi connectivity index (χ0) is 12.4. The van der Waals surface area contributed by atoms with Gasteiger partial charge in [-0.1, -0.05) is 0 Å². The molecule has 2 rings (SSSR count). The van der Waals surface area contributed by atoms with Crippen LogP contribution in [-0.4, -0.2) is 77.6 Å². The molecule has 0 amide bonds. The average molecular weight is 635 g/mol. The van der Waals surface area contributed by atoms with Gasteiger partial charge in [0.1, 0.15) is 0 Å². The summed E-state index contributed by atoms with van der Waals surface area (Å²) < 4.78 is 2.75. The molecule has 9 heteroatoms. The molecule has 0 saturated carbocycles. The van der Waals surface area contributed by atoms with Crippen molar-refractivity contribution >= 4 is 69.7 Å². The van der Waals surface area contributed by atoms with Gasteiger partial charge in [-0.25, -0.2) is 0 Å². The van der Waals surface area contributed by atoms with Gasteiger partial charge >= 0.3 is 136 Å². The molecule has 0 aliphatic heterocycles. The summed E-state index contributed by atoms with van der Waals surface area (Å²) in [6, 6.07) is 1.79. The Morgan fingerprint density at radius 3 is 2.76 bits per heavy atom. The molecular weight excluding hydrogens is 630 g/mol. The Morgan fingerprint density at radius 1 is 1.47 bits per heavy atom. The van der Waals surface area contributed by atoms with Crippen LogP contribution in [0.1, 0.15) is 0 Å². The Morgan fingerprint density at radius 2 is 2.24 bits per heavy atom. The van der Waals surface area contributed by atoms with Gasteiger partial charge in [0.05, 0.1) is 0 Å². The second kappa shape index (κ2) is 5.78. The summed E-state index contributed by atoms with van der Waals surface area (Å²) >= 11 is 8.12. The second-order valence-corrected chi connectivity index (χ2v) is 14.8. The van der Waals surface area contributed by atoms with E-state index in [1.165, 1.54) is 5.51 Å². The van der Waals surface area contributed by atoms with Gasteiger partial charge in [0.2, 0.25) is 0 Å². The molecule has 0 saturated heterocycles. The van der Waals surface area contributed by atoms with E-state index in [1.807, 2.05) is 0 Å². The molecule has 2 aromatic rings. The van der Waals surface area contributed by atoms with Crippen molar-refractivity contribution in [1.82, 2.24) is 25.2 Å². The summed E-state index contributed by atoms with van der Waals surface area (Å²) in [6.07, 6.45) is 1.69. The van der Waals surface area contributed by atoms with Gasteiger partial charge in [-0.3, -0.25) is 0 Å². The van der Waals surface area contributed by atoms with E-state index in [2.05, 4.69) is 25.5 Å². The summed E-state index contributed by atoms with van der Waals surface area (Å²) in [5, 5.41) is 11.7. The van der Waals surface area contributed by atoms with Crippen molar-refractivity contribution in [3.63, 3.8) is 0 Å². The van der Waals surface area contributed by atoms with E-state index in [4.69, 9.17) is 11.6 Å². The van der Waals surface area contributed by atoms with Crippen LogP contribution in [0, 0.1) is 0 Å². The zero-order valence-electron chi connectivity index (χ0n) is 8.72. The van der Waals surface area contributed by atoms with Crippen LogP contribution in [0.5, 0.6) is 0 Å². The van der Waals surface area contributed by atoms with Crippen LogP contribution in [0.2, 0.25) is 5.02 Å². The number of hydrogen-bond acceptors (Lipinski definition) is 5. The topological polar surface area (TPSA) is 68.8 Å². The molecule has 0 N–H and O–H groups in total. The van der Waals surface area contributed by atoms with Crippen molar-refractivity contribution in [2.45, 2.75) is 0 Å². The van der Waals surface area contributed by atoms with Crippen molar-refractivity contribution in [3.8, 4) is 11.5 Å². The first-order valence-electron chi connectivity index (χ1n) is 4.48. The van der Waals surface area contributed by atoms with Crippen molar-refractivity contribution in [2.24, 2.45) is 12.0 Å². The fourth-order valence-corrected chi connectivity index (χ4v) is 2.46. The van der Waals surface area contributed by atoms with Gasteiger partial charge < -0.3 is 0 Å². The number of aliphatic imine (C=N–C) groups is 1. The minimum absolute atomic E-state index is 0.508.